The van der Waals surface area contributed by atoms with Crippen LogP contribution in [-0.4, -0.2) is 52.5 Å². The number of rotatable bonds is 4. The summed E-state index contributed by atoms with van der Waals surface area (Å²) in [7, 11) is 0. The first-order valence-electron chi connectivity index (χ1n) is 12.2. The van der Waals surface area contributed by atoms with Gasteiger partial charge in [-0.2, -0.15) is 0 Å². The van der Waals surface area contributed by atoms with Crippen molar-refractivity contribution >= 4 is 11.6 Å². The molecule has 2 N–H and O–H groups in total. The van der Waals surface area contributed by atoms with Crippen LogP contribution in [0.1, 0.15) is 60.7 Å². The zero-order valence-corrected chi connectivity index (χ0v) is 18.6. The van der Waals surface area contributed by atoms with Crippen molar-refractivity contribution in [3.05, 3.63) is 23.8 Å². The van der Waals surface area contributed by atoms with Gasteiger partial charge in [-0.1, -0.05) is 38.8 Å². The molecule has 170 valence electrons. The van der Waals surface area contributed by atoms with Crippen LogP contribution in [0.5, 0.6) is 0 Å². The molecule has 0 unspecified atom stereocenters. The molecule has 5 aliphatic rings. The van der Waals surface area contributed by atoms with Crippen molar-refractivity contribution < 1.29 is 30.6 Å². The van der Waals surface area contributed by atoms with Crippen LogP contribution in [0, 0.1) is 28.6 Å². The highest BCUT2D eigenvalue weighted by atomic mass is 16.7. The Balaban J connectivity index is 1.57. The Morgan fingerprint density at radius 1 is 1.39 bits per heavy atom. The predicted octanol–water partition coefficient (Wildman–Crippen LogP) is 2.72. The van der Waals surface area contributed by atoms with Gasteiger partial charge >= 0.3 is 0 Å². The number of ether oxygens (including phenoxy) is 2. The minimum atomic E-state index is -1.61. The number of allylic oxidation sites excluding steroid dienone is 4. The minimum Gasteiger partial charge on any atom is -0.393 e. The van der Waals surface area contributed by atoms with Gasteiger partial charge in [-0.3, -0.25) is 9.59 Å². The summed E-state index contributed by atoms with van der Waals surface area (Å²) in [6, 6.07) is 0. The number of aliphatic hydroxyl groups is 2. The Kier molecular flexibility index (Phi) is 4.63. The number of fused-ring (bicyclic) bond motifs is 7. The second kappa shape index (κ2) is 7.08. The molecule has 1 heterocycles. The Bertz CT molecular complexity index is 914. The monoisotopic (exact) mass is 431 g/mol. The summed E-state index contributed by atoms with van der Waals surface area (Å²) >= 11 is 0. The highest BCUT2D eigenvalue weighted by Crippen LogP contribution is 2.69. The van der Waals surface area contributed by atoms with Crippen molar-refractivity contribution in [1.82, 2.24) is 0 Å². The maximum atomic E-state index is 13.3. The zero-order chi connectivity index (χ0) is 23.1. The average Bonchev–Trinajstić information content (AvgIpc) is 3.15. The van der Waals surface area contributed by atoms with Gasteiger partial charge in [-0.15, -0.1) is 0 Å². The normalized spacial score (nSPS) is 53.2. The molecule has 4 fully saturated rings. The number of ketones is 2. The summed E-state index contributed by atoms with van der Waals surface area (Å²) in [5, 5.41) is 21.4. The van der Waals surface area contributed by atoms with Crippen molar-refractivity contribution in [3.8, 4) is 0 Å². The predicted molar refractivity (Wildman–Crippen MR) is 113 cm³/mol. The quantitative estimate of drug-likeness (QED) is 0.711. The molecular formula is C25H34O6. The molecule has 31 heavy (non-hydrogen) atoms. The summed E-state index contributed by atoms with van der Waals surface area (Å²) in [6.07, 6.45) is 5.87. The topological polar surface area (TPSA) is 93.1 Å². The summed E-state index contributed by atoms with van der Waals surface area (Å²) < 4.78 is 21.1. The zero-order valence-electron chi connectivity index (χ0n) is 19.6. The van der Waals surface area contributed by atoms with E-state index >= 15 is 0 Å². The highest BCUT2D eigenvalue weighted by molar-refractivity contribution is 6.01. The van der Waals surface area contributed by atoms with Crippen molar-refractivity contribution in [3.63, 3.8) is 0 Å². The van der Waals surface area contributed by atoms with E-state index in [1.165, 1.54) is 0 Å². The number of carbonyl (C=O) groups excluding carboxylic acids is 2. The number of carbonyl (C=O) groups is 2. The van der Waals surface area contributed by atoms with Gasteiger partial charge in [0.25, 0.3) is 0 Å². The first kappa shape index (κ1) is 20.3. The van der Waals surface area contributed by atoms with E-state index in [9.17, 15) is 19.8 Å². The van der Waals surface area contributed by atoms with E-state index in [1.54, 1.807) is 12.2 Å². The van der Waals surface area contributed by atoms with Crippen LogP contribution in [-0.2, 0) is 19.1 Å². The SMILES string of the molecule is [2H][C@]1(CCC)O[C@@H]2C[C@H]3[C@@H]4CCC5=CC(=O)C=C[C@]5(C)[C@H]4[C@@H](O)C[C@]3(C)[C@]2(C(=O)CO)O1. The Hall–Kier alpha value is -1.34. The number of Topliss-reactive ketones (excluding diaryl/α,β-unsaturated/α-hetero) is 1. The smallest absolute Gasteiger partial charge is 0.193 e. The van der Waals surface area contributed by atoms with Crippen LogP contribution in [0.3, 0.4) is 0 Å². The fourth-order valence-electron chi connectivity index (χ4n) is 7.96. The summed E-state index contributed by atoms with van der Waals surface area (Å²) in [4.78, 5) is 25.3. The molecule has 5 rings (SSSR count). The number of hydrogen-bond donors (Lipinski definition) is 2. The van der Waals surface area contributed by atoms with Gasteiger partial charge in [0.2, 0.25) is 0 Å². The van der Waals surface area contributed by atoms with Crippen LogP contribution in [0.15, 0.2) is 23.8 Å². The van der Waals surface area contributed by atoms with Gasteiger partial charge in [-0.25, -0.2) is 0 Å². The lowest BCUT2D eigenvalue weighted by molar-refractivity contribution is -0.200. The van der Waals surface area contributed by atoms with Gasteiger partial charge < -0.3 is 19.7 Å². The second-order valence-electron chi connectivity index (χ2n) is 10.6. The Labute approximate surface area is 185 Å². The lowest BCUT2D eigenvalue weighted by Gasteiger charge is -2.59. The molecule has 4 aliphatic carbocycles. The highest BCUT2D eigenvalue weighted by Gasteiger charge is 2.75. The van der Waals surface area contributed by atoms with Crippen LogP contribution < -0.4 is 0 Å². The fraction of sp³-hybridized carbons (Fsp3) is 0.760. The molecule has 0 bridgehead atoms. The third-order valence-corrected chi connectivity index (χ3v) is 9.22. The van der Waals surface area contributed by atoms with E-state index in [4.69, 9.17) is 10.8 Å². The second-order valence-corrected chi connectivity index (χ2v) is 10.6. The molecular weight excluding hydrogens is 396 g/mol. The molecule has 0 spiro atoms. The first-order valence-corrected chi connectivity index (χ1v) is 11.7. The molecule has 0 aromatic carbocycles. The van der Waals surface area contributed by atoms with Crippen molar-refractivity contribution in [2.24, 2.45) is 28.6 Å². The maximum absolute atomic E-state index is 13.3. The van der Waals surface area contributed by atoms with Crippen LogP contribution >= 0.6 is 0 Å². The maximum Gasteiger partial charge on any atom is 0.193 e. The van der Waals surface area contributed by atoms with E-state index in [2.05, 4.69) is 6.92 Å². The molecule has 0 radical (unpaired) electrons. The molecule has 6 nitrogen and oxygen atoms in total. The summed E-state index contributed by atoms with van der Waals surface area (Å²) in [5.74, 6) is -0.350. The Morgan fingerprint density at radius 2 is 2.16 bits per heavy atom. The fourth-order valence-corrected chi connectivity index (χ4v) is 7.96. The van der Waals surface area contributed by atoms with Gasteiger partial charge in [0.15, 0.2) is 23.4 Å². The van der Waals surface area contributed by atoms with Crippen molar-refractivity contribution in [2.45, 2.75) is 83.4 Å². The standard InChI is InChI=1S/C25H34O6/c1-4-5-21-30-20-11-17-16-7-6-14-10-15(27)8-9-23(14,2)22(16)18(28)12-24(17,3)25(20,31-21)19(29)13-26/h8-10,16-18,20-22,26,28H,4-7,11-13H2,1-3H3/t16-,17-,18-,20+,21-,22+,23-,24-,25+/m0/s1/i21D. The van der Waals surface area contributed by atoms with Crippen LogP contribution in [0.2, 0.25) is 0 Å². The number of aliphatic hydroxyl groups excluding tert-OH is 2. The molecule has 0 aromatic heterocycles. The molecule has 1 saturated heterocycles. The lowest BCUT2D eigenvalue weighted by atomic mass is 9.46. The summed E-state index contributed by atoms with van der Waals surface area (Å²) in [5.41, 5.74) is -1.49. The largest absolute Gasteiger partial charge is 0.393 e. The van der Waals surface area contributed by atoms with E-state index < -0.39 is 47.3 Å². The van der Waals surface area contributed by atoms with Gasteiger partial charge in [0.1, 0.15) is 6.61 Å². The molecule has 0 aromatic rings. The third-order valence-electron chi connectivity index (χ3n) is 9.22. The lowest BCUT2D eigenvalue weighted by Crippen LogP contribution is -2.63. The molecule has 0 amide bonds. The van der Waals surface area contributed by atoms with Crippen molar-refractivity contribution in [2.75, 3.05) is 6.61 Å². The molecule has 3 saturated carbocycles. The van der Waals surface area contributed by atoms with E-state index in [0.29, 0.717) is 25.7 Å². The van der Waals surface area contributed by atoms with Gasteiger partial charge in [-0.05, 0) is 56.1 Å². The molecule has 1 aliphatic heterocycles. The van der Waals surface area contributed by atoms with Gasteiger partial charge in [0, 0.05) is 16.7 Å². The third kappa shape index (κ3) is 2.65. The molecule has 9 atom stereocenters. The summed E-state index contributed by atoms with van der Waals surface area (Å²) in [6.45, 7) is 5.36. The van der Waals surface area contributed by atoms with Crippen LogP contribution in [0.4, 0.5) is 0 Å². The van der Waals surface area contributed by atoms with Crippen LogP contribution in [0.25, 0.3) is 0 Å². The first-order chi connectivity index (χ1) is 15.0. The Morgan fingerprint density at radius 3 is 2.87 bits per heavy atom. The minimum absolute atomic E-state index is 0.00142. The molecule has 6 heteroatoms. The van der Waals surface area contributed by atoms with Crippen molar-refractivity contribution in [1.29, 1.82) is 0 Å². The van der Waals surface area contributed by atoms with E-state index in [0.717, 1.165) is 18.4 Å². The van der Waals surface area contributed by atoms with E-state index in [-0.39, 0.29) is 23.5 Å². The number of hydrogen-bond acceptors (Lipinski definition) is 6. The average molecular weight is 432 g/mol. The van der Waals surface area contributed by atoms with E-state index in [1.807, 2.05) is 19.9 Å². The van der Waals surface area contributed by atoms with Gasteiger partial charge in [0.05, 0.1) is 13.6 Å².